The van der Waals surface area contributed by atoms with Crippen molar-refractivity contribution in [2.24, 2.45) is 23.2 Å². The largest absolute Gasteiger partial charge is 0.383 e. The summed E-state index contributed by atoms with van der Waals surface area (Å²) in [4.78, 5) is 39.0. The van der Waals surface area contributed by atoms with E-state index in [4.69, 9.17) is 5.73 Å². The first kappa shape index (κ1) is 19.3. The molecule has 0 aromatic carbocycles. The van der Waals surface area contributed by atoms with Crippen LogP contribution >= 0.6 is 0 Å². The summed E-state index contributed by atoms with van der Waals surface area (Å²) in [6.45, 7) is 4.62. The predicted octanol–water partition coefficient (Wildman–Crippen LogP) is 2.57. The van der Waals surface area contributed by atoms with Crippen molar-refractivity contribution in [2.45, 2.75) is 78.3 Å². The number of carbonyl (C=O) groups is 1. The van der Waals surface area contributed by atoms with Crippen LogP contribution in [0.25, 0.3) is 0 Å². The second-order valence-electron chi connectivity index (χ2n) is 9.30. The lowest BCUT2D eigenvalue weighted by Gasteiger charge is -2.55. The number of nitrogens with zero attached hydrogens (tertiary/aromatic N) is 2. The van der Waals surface area contributed by atoms with Crippen LogP contribution in [0, 0.1) is 23.2 Å². The number of nitrogens with one attached hydrogen (secondary N) is 1. The fourth-order valence-electron chi connectivity index (χ4n) is 6.33. The monoisotopic (exact) mass is 388 g/mol. The van der Waals surface area contributed by atoms with E-state index in [0.717, 1.165) is 25.7 Å². The highest BCUT2D eigenvalue weighted by Gasteiger charge is 2.54. The van der Waals surface area contributed by atoms with Gasteiger partial charge in [0, 0.05) is 13.1 Å². The number of hydrogen-bond acceptors (Lipinski definition) is 4. The minimum absolute atomic E-state index is 0.0693. The third-order valence-electron chi connectivity index (χ3n) is 7.12. The summed E-state index contributed by atoms with van der Waals surface area (Å²) >= 11 is 0. The summed E-state index contributed by atoms with van der Waals surface area (Å²) in [5.74, 6) is 1.93. The number of aromatic nitrogens is 2. The van der Waals surface area contributed by atoms with Crippen LogP contribution in [-0.4, -0.2) is 15.0 Å². The number of nitrogens with two attached hydrogens (primary N) is 1. The Morgan fingerprint density at radius 2 is 1.50 bits per heavy atom. The number of carbonyl (C=O) groups excluding carboxylic acids is 1. The molecule has 3 N–H and O–H groups in total. The van der Waals surface area contributed by atoms with Gasteiger partial charge >= 0.3 is 5.69 Å². The third kappa shape index (κ3) is 2.99. The van der Waals surface area contributed by atoms with Crippen LogP contribution < -0.4 is 22.3 Å². The van der Waals surface area contributed by atoms with E-state index in [0.29, 0.717) is 37.3 Å². The molecule has 0 unspecified atom stereocenters. The zero-order valence-electron chi connectivity index (χ0n) is 17.0. The lowest BCUT2D eigenvalue weighted by molar-refractivity contribution is -0.140. The quantitative estimate of drug-likeness (QED) is 0.782. The van der Waals surface area contributed by atoms with Crippen molar-refractivity contribution in [1.82, 2.24) is 9.13 Å². The van der Waals surface area contributed by atoms with Gasteiger partial charge in [0.1, 0.15) is 11.5 Å². The van der Waals surface area contributed by atoms with Gasteiger partial charge < -0.3 is 11.1 Å². The summed E-state index contributed by atoms with van der Waals surface area (Å²) in [5.41, 5.74) is 5.06. The van der Waals surface area contributed by atoms with Gasteiger partial charge in [-0.15, -0.1) is 0 Å². The van der Waals surface area contributed by atoms with Gasteiger partial charge in [0.2, 0.25) is 5.91 Å². The first-order chi connectivity index (χ1) is 13.4. The highest BCUT2D eigenvalue weighted by atomic mass is 16.2. The molecule has 1 aromatic heterocycles. The zero-order valence-corrected chi connectivity index (χ0v) is 17.0. The number of nitrogen functional groups attached to an aromatic ring is 1. The van der Waals surface area contributed by atoms with E-state index < -0.39 is 5.56 Å². The molecule has 0 saturated heterocycles. The topological polar surface area (TPSA) is 99.1 Å². The lowest BCUT2D eigenvalue weighted by Crippen LogP contribution is -2.52. The van der Waals surface area contributed by atoms with Crippen LogP contribution in [0.4, 0.5) is 11.5 Å². The van der Waals surface area contributed by atoms with Crippen LogP contribution in [0.3, 0.4) is 0 Å². The molecule has 4 saturated carbocycles. The highest BCUT2D eigenvalue weighted by molar-refractivity contribution is 5.97. The molecular formula is C21H32N4O3. The minimum atomic E-state index is -0.477. The zero-order chi connectivity index (χ0) is 20.1. The van der Waals surface area contributed by atoms with E-state index in [1.54, 1.807) is 0 Å². The van der Waals surface area contributed by atoms with Crippen LogP contribution in [0.5, 0.6) is 0 Å². The number of hydrogen-bond donors (Lipinski definition) is 2. The van der Waals surface area contributed by atoms with E-state index in [-0.39, 0.29) is 28.5 Å². The Kier molecular flexibility index (Phi) is 4.88. The maximum absolute atomic E-state index is 13.4. The molecule has 4 aliphatic carbocycles. The Morgan fingerprint density at radius 3 is 2.00 bits per heavy atom. The van der Waals surface area contributed by atoms with Gasteiger partial charge in [0.25, 0.3) is 5.56 Å². The fraction of sp³-hybridized carbons (Fsp3) is 0.762. The molecule has 0 spiro atoms. The molecule has 1 aromatic rings. The van der Waals surface area contributed by atoms with Crippen molar-refractivity contribution in [3.05, 3.63) is 20.8 Å². The highest BCUT2D eigenvalue weighted by Crippen LogP contribution is 2.60. The van der Waals surface area contributed by atoms with Crippen molar-refractivity contribution < 1.29 is 4.79 Å². The van der Waals surface area contributed by atoms with E-state index >= 15 is 0 Å². The average Bonchev–Trinajstić information content (AvgIpc) is 2.64. The number of anilines is 2. The van der Waals surface area contributed by atoms with Crippen molar-refractivity contribution in [2.75, 3.05) is 11.1 Å². The second kappa shape index (κ2) is 7.08. The maximum Gasteiger partial charge on any atom is 0.332 e. The van der Waals surface area contributed by atoms with Gasteiger partial charge in [-0.25, -0.2) is 4.79 Å². The molecule has 4 aliphatic rings. The Hall–Kier alpha value is -2.05. The minimum Gasteiger partial charge on any atom is -0.383 e. The molecule has 0 aliphatic heterocycles. The van der Waals surface area contributed by atoms with Crippen molar-refractivity contribution in [1.29, 1.82) is 0 Å². The number of rotatable bonds is 6. The van der Waals surface area contributed by atoms with Crippen LogP contribution in [0.1, 0.15) is 65.2 Å². The molecule has 154 valence electrons. The normalized spacial score (nSPS) is 30.6. The maximum atomic E-state index is 13.4. The molecule has 1 amide bonds. The van der Waals surface area contributed by atoms with E-state index in [1.165, 1.54) is 28.4 Å². The lowest BCUT2D eigenvalue weighted by atomic mass is 9.49. The van der Waals surface area contributed by atoms with Crippen molar-refractivity contribution in [3.8, 4) is 0 Å². The van der Waals surface area contributed by atoms with Gasteiger partial charge in [-0.2, -0.15) is 0 Å². The fourth-order valence-corrected chi connectivity index (χ4v) is 6.33. The van der Waals surface area contributed by atoms with Crippen LogP contribution in [0.15, 0.2) is 9.59 Å². The third-order valence-corrected chi connectivity index (χ3v) is 7.12. The van der Waals surface area contributed by atoms with Crippen molar-refractivity contribution in [3.63, 3.8) is 0 Å². The van der Waals surface area contributed by atoms with E-state index in [9.17, 15) is 14.4 Å². The first-order valence-corrected chi connectivity index (χ1v) is 10.8. The van der Waals surface area contributed by atoms with Crippen molar-refractivity contribution >= 4 is 17.4 Å². The summed E-state index contributed by atoms with van der Waals surface area (Å²) in [6.07, 6.45) is 7.88. The predicted molar refractivity (Wildman–Crippen MR) is 109 cm³/mol. The Balaban J connectivity index is 1.70. The Morgan fingerprint density at radius 1 is 1.00 bits per heavy atom. The molecule has 7 heteroatoms. The van der Waals surface area contributed by atoms with Gasteiger partial charge in [-0.05, 0) is 69.1 Å². The van der Waals surface area contributed by atoms with Gasteiger partial charge in [-0.1, -0.05) is 13.8 Å². The molecule has 5 rings (SSSR count). The molecule has 4 bridgehead atoms. The summed E-state index contributed by atoms with van der Waals surface area (Å²) in [7, 11) is 0. The SMILES string of the molecule is CCCn1c(N)c(NC(=O)C23CC4CC(CC(C4)C2)C3)c(=O)n(CCC)c1=O. The summed E-state index contributed by atoms with van der Waals surface area (Å²) in [5, 5.41) is 2.90. The molecule has 0 radical (unpaired) electrons. The summed E-state index contributed by atoms with van der Waals surface area (Å²) < 4.78 is 2.63. The molecule has 4 fully saturated rings. The first-order valence-electron chi connectivity index (χ1n) is 10.8. The van der Waals surface area contributed by atoms with E-state index in [1.807, 2.05) is 13.8 Å². The van der Waals surface area contributed by atoms with Gasteiger partial charge in [0.05, 0.1) is 5.41 Å². The standard InChI is InChI=1S/C21H32N4O3/c1-3-5-24-17(22)16(18(26)25(6-4-2)20(24)28)23-19(27)21-10-13-7-14(11-21)9-15(8-13)12-21/h13-15H,3-12,22H2,1-2H3,(H,23,27). The number of amides is 1. The molecular weight excluding hydrogens is 356 g/mol. The molecule has 28 heavy (non-hydrogen) atoms. The Labute approximate surface area is 165 Å². The van der Waals surface area contributed by atoms with Crippen LogP contribution in [0.2, 0.25) is 0 Å². The van der Waals surface area contributed by atoms with Gasteiger partial charge in [-0.3, -0.25) is 18.7 Å². The Bertz CT molecular complexity index is 863. The molecule has 7 nitrogen and oxygen atoms in total. The van der Waals surface area contributed by atoms with E-state index in [2.05, 4.69) is 5.32 Å². The van der Waals surface area contributed by atoms with Crippen LogP contribution in [-0.2, 0) is 17.9 Å². The molecule has 1 heterocycles. The van der Waals surface area contributed by atoms with Gasteiger partial charge in [0.15, 0.2) is 0 Å². The second-order valence-corrected chi connectivity index (χ2v) is 9.30. The smallest absolute Gasteiger partial charge is 0.332 e. The molecule has 0 atom stereocenters. The summed E-state index contributed by atoms with van der Waals surface area (Å²) in [6, 6.07) is 0. The average molecular weight is 389 g/mol.